The molecule has 1 aliphatic heterocycles. The third kappa shape index (κ3) is 3.05. The molecule has 0 radical (unpaired) electrons. The number of nitrogens with one attached hydrogen (secondary N) is 1. The second-order valence-electron chi connectivity index (χ2n) is 4.29. The number of ether oxygens (including phenoxy) is 1. The fourth-order valence-electron chi connectivity index (χ4n) is 1.88. The normalized spacial score (nSPS) is 21.2. The highest BCUT2D eigenvalue weighted by molar-refractivity contribution is 5.94. The van der Waals surface area contributed by atoms with E-state index in [9.17, 15) is 9.90 Å². The van der Waals surface area contributed by atoms with Crippen LogP contribution in [0.25, 0.3) is 0 Å². The SMILES string of the molecule is C[C@@H](O)c1cccc(NC(=O)[C@@H]2CCCO2)c1. The summed E-state index contributed by atoms with van der Waals surface area (Å²) in [5.74, 6) is -0.106. The summed E-state index contributed by atoms with van der Waals surface area (Å²) in [6.45, 7) is 2.35. The lowest BCUT2D eigenvalue weighted by Crippen LogP contribution is -2.26. The van der Waals surface area contributed by atoms with Gasteiger partial charge in [-0.25, -0.2) is 0 Å². The minimum Gasteiger partial charge on any atom is -0.389 e. The van der Waals surface area contributed by atoms with Crippen molar-refractivity contribution in [3.63, 3.8) is 0 Å². The van der Waals surface area contributed by atoms with Crippen LogP contribution in [0.1, 0.15) is 31.4 Å². The van der Waals surface area contributed by atoms with E-state index in [1.807, 2.05) is 12.1 Å². The van der Waals surface area contributed by atoms with Crippen molar-refractivity contribution in [2.24, 2.45) is 0 Å². The van der Waals surface area contributed by atoms with Crippen LogP contribution in [-0.4, -0.2) is 23.7 Å². The highest BCUT2D eigenvalue weighted by atomic mass is 16.5. The molecular weight excluding hydrogens is 218 g/mol. The van der Waals surface area contributed by atoms with Crippen molar-refractivity contribution in [2.75, 3.05) is 11.9 Å². The Hall–Kier alpha value is -1.39. The lowest BCUT2D eigenvalue weighted by atomic mass is 10.1. The molecule has 4 nitrogen and oxygen atoms in total. The van der Waals surface area contributed by atoms with Gasteiger partial charge in [-0.1, -0.05) is 12.1 Å². The topological polar surface area (TPSA) is 58.6 Å². The lowest BCUT2D eigenvalue weighted by molar-refractivity contribution is -0.124. The first-order chi connectivity index (χ1) is 8.16. The van der Waals surface area contributed by atoms with Gasteiger partial charge in [0.15, 0.2) is 0 Å². The van der Waals surface area contributed by atoms with E-state index in [0.717, 1.165) is 18.4 Å². The zero-order chi connectivity index (χ0) is 12.3. The first-order valence-electron chi connectivity index (χ1n) is 5.87. The number of benzene rings is 1. The summed E-state index contributed by atoms with van der Waals surface area (Å²) in [7, 11) is 0. The maximum absolute atomic E-state index is 11.8. The summed E-state index contributed by atoms with van der Waals surface area (Å²) >= 11 is 0. The minimum atomic E-state index is -0.533. The van der Waals surface area contributed by atoms with E-state index in [1.165, 1.54) is 0 Å². The van der Waals surface area contributed by atoms with Gasteiger partial charge in [-0.05, 0) is 37.5 Å². The van der Waals surface area contributed by atoms with Crippen LogP contribution in [0.4, 0.5) is 5.69 Å². The Morgan fingerprint density at radius 1 is 1.59 bits per heavy atom. The summed E-state index contributed by atoms with van der Waals surface area (Å²) in [6.07, 6.45) is 0.855. The number of aliphatic hydroxyl groups excluding tert-OH is 1. The maximum Gasteiger partial charge on any atom is 0.253 e. The number of amides is 1. The zero-order valence-corrected chi connectivity index (χ0v) is 9.85. The first kappa shape index (κ1) is 12.1. The fourth-order valence-corrected chi connectivity index (χ4v) is 1.88. The molecule has 1 aromatic rings. The molecular formula is C13H17NO3. The highest BCUT2D eigenvalue weighted by Gasteiger charge is 2.23. The molecule has 0 saturated carbocycles. The molecule has 0 unspecified atom stereocenters. The lowest BCUT2D eigenvalue weighted by Gasteiger charge is -2.12. The van der Waals surface area contributed by atoms with Crippen LogP contribution < -0.4 is 5.32 Å². The summed E-state index contributed by atoms with van der Waals surface area (Å²) in [5, 5.41) is 12.3. The van der Waals surface area contributed by atoms with Crippen LogP contribution in [-0.2, 0) is 9.53 Å². The van der Waals surface area contributed by atoms with Crippen molar-refractivity contribution >= 4 is 11.6 Å². The molecule has 1 aromatic carbocycles. The van der Waals surface area contributed by atoms with E-state index >= 15 is 0 Å². The number of rotatable bonds is 3. The molecule has 1 saturated heterocycles. The van der Waals surface area contributed by atoms with Crippen LogP contribution in [0, 0.1) is 0 Å². The predicted molar refractivity (Wildman–Crippen MR) is 64.7 cm³/mol. The van der Waals surface area contributed by atoms with Gasteiger partial charge in [-0.3, -0.25) is 4.79 Å². The molecule has 0 aliphatic carbocycles. The fraction of sp³-hybridized carbons (Fsp3) is 0.462. The van der Waals surface area contributed by atoms with Crippen LogP contribution >= 0.6 is 0 Å². The van der Waals surface area contributed by atoms with Crippen molar-refractivity contribution in [3.8, 4) is 0 Å². The average Bonchev–Trinajstić information content (AvgIpc) is 2.82. The second-order valence-corrected chi connectivity index (χ2v) is 4.29. The van der Waals surface area contributed by atoms with Gasteiger partial charge in [0.25, 0.3) is 5.91 Å². The maximum atomic E-state index is 11.8. The van der Waals surface area contributed by atoms with Gasteiger partial charge in [-0.2, -0.15) is 0 Å². The number of hydrogen-bond donors (Lipinski definition) is 2. The molecule has 1 amide bonds. The van der Waals surface area contributed by atoms with E-state index in [0.29, 0.717) is 12.3 Å². The molecule has 2 N–H and O–H groups in total. The van der Waals surface area contributed by atoms with E-state index in [-0.39, 0.29) is 12.0 Å². The molecule has 2 rings (SSSR count). The van der Waals surface area contributed by atoms with E-state index in [1.54, 1.807) is 19.1 Å². The summed E-state index contributed by atoms with van der Waals surface area (Å²) < 4.78 is 5.30. The highest BCUT2D eigenvalue weighted by Crippen LogP contribution is 2.19. The van der Waals surface area contributed by atoms with Gasteiger partial charge in [0.05, 0.1) is 6.10 Å². The number of carbonyl (C=O) groups excluding carboxylic acids is 1. The van der Waals surface area contributed by atoms with Gasteiger partial charge in [-0.15, -0.1) is 0 Å². The zero-order valence-electron chi connectivity index (χ0n) is 9.85. The van der Waals surface area contributed by atoms with Crippen molar-refractivity contribution < 1.29 is 14.6 Å². The molecule has 1 fully saturated rings. The van der Waals surface area contributed by atoms with Gasteiger partial charge < -0.3 is 15.2 Å². The van der Waals surface area contributed by atoms with Crippen molar-refractivity contribution in [2.45, 2.75) is 32.0 Å². The Morgan fingerprint density at radius 2 is 2.41 bits per heavy atom. The molecule has 0 aromatic heterocycles. The minimum absolute atomic E-state index is 0.106. The Kier molecular flexibility index (Phi) is 3.76. The number of aliphatic hydroxyl groups is 1. The molecule has 17 heavy (non-hydrogen) atoms. The van der Waals surface area contributed by atoms with Gasteiger partial charge in [0.1, 0.15) is 6.10 Å². The summed E-state index contributed by atoms with van der Waals surface area (Å²) in [5.41, 5.74) is 1.49. The molecule has 92 valence electrons. The van der Waals surface area contributed by atoms with Crippen LogP contribution in [0.15, 0.2) is 24.3 Å². The predicted octanol–water partition coefficient (Wildman–Crippen LogP) is 1.86. The second kappa shape index (κ2) is 5.29. The third-order valence-corrected chi connectivity index (χ3v) is 2.86. The number of hydrogen-bond acceptors (Lipinski definition) is 3. The first-order valence-corrected chi connectivity index (χ1v) is 5.87. The Balaban J connectivity index is 2.02. The van der Waals surface area contributed by atoms with Crippen LogP contribution in [0.2, 0.25) is 0 Å². The summed E-state index contributed by atoms with van der Waals surface area (Å²) in [6, 6.07) is 7.22. The quantitative estimate of drug-likeness (QED) is 0.840. The van der Waals surface area contributed by atoms with Gasteiger partial charge >= 0.3 is 0 Å². The Labute approximate surface area is 101 Å². The largest absolute Gasteiger partial charge is 0.389 e. The van der Waals surface area contributed by atoms with E-state index in [4.69, 9.17) is 4.74 Å². The third-order valence-electron chi connectivity index (χ3n) is 2.86. The molecule has 1 heterocycles. The standard InChI is InChI=1S/C13H17NO3/c1-9(15)10-4-2-5-11(8-10)14-13(16)12-6-3-7-17-12/h2,4-5,8-9,12,15H,3,6-7H2,1H3,(H,14,16)/t9-,12+/m1/s1. The van der Waals surface area contributed by atoms with Crippen LogP contribution in [0.5, 0.6) is 0 Å². The molecule has 2 atom stereocenters. The monoisotopic (exact) mass is 235 g/mol. The van der Waals surface area contributed by atoms with Crippen molar-refractivity contribution in [1.29, 1.82) is 0 Å². The Bertz CT molecular complexity index is 397. The molecule has 1 aliphatic rings. The van der Waals surface area contributed by atoms with Crippen LogP contribution in [0.3, 0.4) is 0 Å². The van der Waals surface area contributed by atoms with E-state index < -0.39 is 6.10 Å². The van der Waals surface area contributed by atoms with Crippen molar-refractivity contribution in [1.82, 2.24) is 0 Å². The molecule has 4 heteroatoms. The number of anilines is 1. The summed E-state index contributed by atoms with van der Waals surface area (Å²) in [4.78, 5) is 11.8. The van der Waals surface area contributed by atoms with Gasteiger partial charge in [0, 0.05) is 12.3 Å². The Morgan fingerprint density at radius 3 is 3.06 bits per heavy atom. The molecule has 0 spiro atoms. The smallest absolute Gasteiger partial charge is 0.253 e. The number of carbonyl (C=O) groups is 1. The van der Waals surface area contributed by atoms with E-state index in [2.05, 4.69) is 5.32 Å². The van der Waals surface area contributed by atoms with Crippen molar-refractivity contribution in [3.05, 3.63) is 29.8 Å². The van der Waals surface area contributed by atoms with Gasteiger partial charge in [0.2, 0.25) is 0 Å². The molecule has 0 bridgehead atoms. The average molecular weight is 235 g/mol.